The van der Waals surface area contributed by atoms with Crippen LogP contribution in [0.4, 0.5) is 8.78 Å². The van der Waals surface area contributed by atoms with Gasteiger partial charge < -0.3 is 11.1 Å². The Labute approximate surface area is 105 Å². The summed E-state index contributed by atoms with van der Waals surface area (Å²) in [5.74, 6) is -2.10. The molecular formula is C13H18F2N2O. The number of nitrogens with one attached hydrogen (secondary N) is 1. The second-order valence-electron chi connectivity index (χ2n) is 5.01. The lowest BCUT2D eigenvalue weighted by atomic mass is 9.89. The molecular weight excluding hydrogens is 238 g/mol. The van der Waals surface area contributed by atoms with Gasteiger partial charge in [-0.1, -0.05) is 13.8 Å². The highest BCUT2D eigenvalue weighted by Gasteiger charge is 2.19. The van der Waals surface area contributed by atoms with Gasteiger partial charge in [0.2, 0.25) is 0 Å². The Morgan fingerprint density at radius 1 is 1.39 bits per heavy atom. The van der Waals surface area contributed by atoms with E-state index >= 15 is 0 Å². The molecule has 0 aliphatic carbocycles. The fourth-order valence-corrected chi connectivity index (χ4v) is 1.57. The van der Waals surface area contributed by atoms with Gasteiger partial charge in [0, 0.05) is 12.6 Å². The Hall–Kier alpha value is -1.49. The Kier molecular flexibility index (Phi) is 4.78. The number of rotatable bonds is 5. The molecule has 0 saturated heterocycles. The highest BCUT2D eigenvalue weighted by molar-refractivity contribution is 5.94. The van der Waals surface area contributed by atoms with Crippen LogP contribution in [0.3, 0.4) is 0 Å². The van der Waals surface area contributed by atoms with Gasteiger partial charge >= 0.3 is 0 Å². The number of hydrogen-bond acceptors (Lipinski definition) is 2. The molecule has 1 aromatic rings. The zero-order chi connectivity index (χ0) is 13.8. The van der Waals surface area contributed by atoms with Crippen molar-refractivity contribution >= 4 is 5.91 Å². The molecule has 1 rings (SSSR count). The van der Waals surface area contributed by atoms with E-state index in [1.54, 1.807) is 0 Å². The fraction of sp³-hybridized carbons (Fsp3) is 0.462. The van der Waals surface area contributed by atoms with Crippen molar-refractivity contribution in [1.82, 2.24) is 5.32 Å². The third-order valence-corrected chi connectivity index (χ3v) is 2.72. The number of carbonyl (C=O) groups excluding carboxylic acids is 1. The average molecular weight is 256 g/mol. The first-order valence-corrected chi connectivity index (χ1v) is 5.79. The molecule has 0 unspecified atom stereocenters. The Morgan fingerprint density at radius 2 is 2.06 bits per heavy atom. The summed E-state index contributed by atoms with van der Waals surface area (Å²) >= 11 is 0. The first-order valence-electron chi connectivity index (χ1n) is 5.79. The minimum Gasteiger partial charge on any atom is -0.351 e. The molecule has 0 aliphatic rings. The average Bonchev–Trinajstić information content (AvgIpc) is 2.26. The van der Waals surface area contributed by atoms with E-state index in [-0.39, 0.29) is 11.0 Å². The van der Waals surface area contributed by atoms with Crippen LogP contribution in [0.2, 0.25) is 0 Å². The second kappa shape index (κ2) is 5.91. The summed E-state index contributed by atoms with van der Waals surface area (Å²) in [6, 6.07) is 2.89. The second-order valence-corrected chi connectivity index (χ2v) is 5.01. The van der Waals surface area contributed by atoms with Crippen LogP contribution in [-0.2, 0) is 0 Å². The largest absolute Gasteiger partial charge is 0.351 e. The molecule has 0 heterocycles. The number of nitrogens with two attached hydrogens (primary N) is 1. The van der Waals surface area contributed by atoms with Crippen molar-refractivity contribution < 1.29 is 13.6 Å². The lowest BCUT2D eigenvalue weighted by Gasteiger charge is -2.24. The summed E-state index contributed by atoms with van der Waals surface area (Å²) in [4.78, 5) is 11.7. The van der Waals surface area contributed by atoms with E-state index in [0.717, 1.165) is 18.6 Å². The molecule has 3 N–H and O–H groups in total. The van der Waals surface area contributed by atoms with E-state index in [1.807, 2.05) is 13.8 Å². The molecule has 3 nitrogen and oxygen atoms in total. The van der Waals surface area contributed by atoms with Crippen LogP contribution in [0.5, 0.6) is 0 Å². The predicted octanol–water partition coefficient (Wildman–Crippen LogP) is 2.07. The van der Waals surface area contributed by atoms with Gasteiger partial charge in [-0.05, 0) is 30.5 Å². The van der Waals surface area contributed by atoms with Crippen LogP contribution in [0.25, 0.3) is 0 Å². The summed E-state index contributed by atoms with van der Waals surface area (Å²) in [5.41, 5.74) is 5.15. The highest BCUT2D eigenvalue weighted by Crippen LogP contribution is 2.18. The Balaban J connectivity index is 2.66. The van der Waals surface area contributed by atoms with Crippen molar-refractivity contribution in [3.8, 4) is 0 Å². The summed E-state index contributed by atoms with van der Waals surface area (Å²) < 4.78 is 26.0. The van der Waals surface area contributed by atoms with Gasteiger partial charge in [-0.2, -0.15) is 0 Å². The Bertz CT molecular complexity index is 433. The fourth-order valence-electron chi connectivity index (χ4n) is 1.57. The SMILES string of the molecule is CC(C)(CCN)CNC(=O)c1ccc(F)cc1F. The molecule has 0 spiro atoms. The molecule has 0 saturated carbocycles. The molecule has 1 amide bonds. The molecule has 100 valence electrons. The number of hydrogen-bond donors (Lipinski definition) is 2. The van der Waals surface area contributed by atoms with Gasteiger partial charge in [0.15, 0.2) is 0 Å². The van der Waals surface area contributed by atoms with Crippen molar-refractivity contribution in [3.05, 3.63) is 35.4 Å². The number of benzene rings is 1. The molecule has 18 heavy (non-hydrogen) atoms. The van der Waals surface area contributed by atoms with Crippen molar-refractivity contribution in [2.75, 3.05) is 13.1 Å². The molecule has 0 aromatic heterocycles. The normalized spacial score (nSPS) is 11.4. The van der Waals surface area contributed by atoms with Crippen molar-refractivity contribution in [1.29, 1.82) is 0 Å². The van der Waals surface area contributed by atoms with Crippen LogP contribution < -0.4 is 11.1 Å². The van der Waals surface area contributed by atoms with E-state index in [2.05, 4.69) is 5.32 Å². The first kappa shape index (κ1) is 14.6. The van der Waals surface area contributed by atoms with Crippen LogP contribution in [-0.4, -0.2) is 19.0 Å². The van der Waals surface area contributed by atoms with E-state index < -0.39 is 17.5 Å². The van der Waals surface area contributed by atoms with E-state index in [0.29, 0.717) is 19.2 Å². The maximum atomic E-state index is 13.3. The third kappa shape index (κ3) is 4.07. The minimum atomic E-state index is -0.857. The number of amides is 1. The van der Waals surface area contributed by atoms with Gasteiger partial charge in [0.05, 0.1) is 5.56 Å². The van der Waals surface area contributed by atoms with Crippen molar-refractivity contribution in [2.45, 2.75) is 20.3 Å². The molecule has 0 atom stereocenters. The predicted molar refractivity (Wildman–Crippen MR) is 66.1 cm³/mol. The zero-order valence-electron chi connectivity index (χ0n) is 10.6. The summed E-state index contributed by atoms with van der Waals surface area (Å²) in [6.07, 6.45) is 0.749. The maximum absolute atomic E-state index is 13.3. The quantitative estimate of drug-likeness (QED) is 0.847. The standard InChI is InChI=1S/C13H18F2N2O/c1-13(2,5-6-16)8-17-12(18)10-4-3-9(14)7-11(10)15/h3-4,7H,5-6,8,16H2,1-2H3,(H,17,18). The van der Waals surface area contributed by atoms with Crippen LogP contribution in [0.1, 0.15) is 30.6 Å². The van der Waals surface area contributed by atoms with Crippen molar-refractivity contribution in [3.63, 3.8) is 0 Å². The number of halogens is 2. The van der Waals surface area contributed by atoms with Crippen LogP contribution in [0, 0.1) is 17.0 Å². The van der Waals surface area contributed by atoms with E-state index in [4.69, 9.17) is 5.73 Å². The lowest BCUT2D eigenvalue weighted by Crippen LogP contribution is -2.35. The van der Waals surface area contributed by atoms with Gasteiger partial charge in [-0.25, -0.2) is 8.78 Å². The van der Waals surface area contributed by atoms with Gasteiger partial charge in [-0.3, -0.25) is 4.79 Å². The van der Waals surface area contributed by atoms with Gasteiger partial charge in [-0.15, -0.1) is 0 Å². The van der Waals surface area contributed by atoms with Gasteiger partial charge in [0.1, 0.15) is 11.6 Å². The Morgan fingerprint density at radius 3 is 2.61 bits per heavy atom. The van der Waals surface area contributed by atoms with E-state index in [1.165, 1.54) is 0 Å². The molecule has 5 heteroatoms. The minimum absolute atomic E-state index is 0.152. The van der Waals surface area contributed by atoms with Crippen LogP contribution >= 0.6 is 0 Å². The number of carbonyl (C=O) groups is 1. The third-order valence-electron chi connectivity index (χ3n) is 2.72. The van der Waals surface area contributed by atoms with Gasteiger partial charge in [0.25, 0.3) is 5.91 Å². The lowest BCUT2D eigenvalue weighted by molar-refractivity contribution is 0.0931. The molecule has 0 fully saturated rings. The summed E-state index contributed by atoms with van der Waals surface area (Å²) in [6.45, 7) is 4.83. The maximum Gasteiger partial charge on any atom is 0.254 e. The topological polar surface area (TPSA) is 55.1 Å². The van der Waals surface area contributed by atoms with Crippen molar-refractivity contribution in [2.24, 2.45) is 11.1 Å². The molecule has 0 aliphatic heterocycles. The molecule has 0 bridgehead atoms. The zero-order valence-corrected chi connectivity index (χ0v) is 10.6. The summed E-state index contributed by atoms with van der Waals surface area (Å²) in [7, 11) is 0. The van der Waals surface area contributed by atoms with Crippen LogP contribution in [0.15, 0.2) is 18.2 Å². The first-order chi connectivity index (χ1) is 8.35. The molecule has 1 aromatic carbocycles. The summed E-state index contributed by atoms with van der Waals surface area (Å²) in [5, 5.41) is 2.63. The monoisotopic (exact) mass is 256 g/mol. The highest BCUT2D eigenvalue weighted by atomic mass is 19.1. The molecule has 0 radical (unpaired) electrons. The smallest absolute Gasteiger partial charge is 0.254 e. The van der Waals surface area contributed by atoms with E-state index in [9.17, 15) is 13.6 Å².